The van der Waals surface area contributed by atoms with Crippen molar-refractivity contribution in [1.29, 1.82) is 0 Å². The van der Waals surface area contributed by atoms with E-state index in [1.165, 1.54) is 4.90 Å². The molecule has 0 saturated heterocycles. The maximum absolute atomic E-state index is 13.8. The molecule has 122 valence electrons. The summed E-state index contributed by atoms with van der Waals surface area (Å²) in [5, 5.41) is 0. The maximum Gasteiger partial charge on any atom is 0.416 e. The van der Waals surface area contributed by atoms with Gasteiger partial charge >= 0.3 is 6.18 Å². The molecule has 0 heterocycles. The highest BCUT2D eigenvalue weighted by molar-refractivity contribution is 6.02. The number of aldehydes is 1. The highest BCUT2D eigenvalue weighted by Crippen LogP contribution is 2.32. The number of halogens is 4. The molecule has 0 radical (unpaired) electrons. The first-order valence-corrected chi connectivity index (χ1v) is 6.69. The third kappa shape index (κ3) is 3.64. The van der Waals surface area contributed by atoms with Gasteiger partial charge in [0.2, 0.25) is 0 Å². The van der Waals surface area contributed by atoms with Gasteiger partial charge in [-0.25, -0.2) is 4.39 Å². The summed E-state index contributed by atoms with van der Waals surface area (Å²) in [7, 11) is 0. The summed E-state index contributed by atoms with van der Waals surface area (Å²) >= 11 is 0. The molecule has 0 atom stereocenters. The molecular weight excluding hydrogens is 302 g/mol. The Labute approximate surface area is 125 Å². The van der Waals surface area contributed by atoms with Gasteiger partial charge in [-0.15, -0.1) is 0 Å². The summed E-state index contributed by atoms with van der Waals surface area (Å²) in [6.07, 6.45) is -4.75. The van der Waals surface area contributed by atoms with Crippen molar-refractivity contribution in [3.8, 4) is 0 Å². The fourth-order valence-corrected chi connectivity index (χ4v) is 2.28. The van der Waals surface area contributed by atoms with E-state index in [1.54, 1.807) is 27.7 Å². The van der Waals surface area contributed by atoms with Gasteiger partial charge in [0.15, 0.2) is 6.29 Å². The average molecular weight is 319 g/mol. The minimum absolute atomic E-state index is 0.0571. The van der Waals surface area contributed by atoms with Gasteiger partial charge in [-0.1, -0.05) is 0 Å². The summed E-state index contributed by atoms with van der Waals surface area (Å²) in [4.78, 5) is 24.7. The van der Waals surface area contributed by atoms with Crippen LogP contribution in [0.5, 0.6) is 0 Å². The van der Waals surface area contributed by atoms with Gasteiger partial charge in [-0.2, -0.15) is 13.2 Å². The SMILES string of the molecule is CC(C)N(C(=O)c1cc(C(F)(F)F)cc(F)c1C=O)C(C)C. The lowest BCUT2D eigenvalue weighted by atomic mass is 10.0. The van der Waals surface area contributed by atoms with Crippen molar-refractivity contribution >= 4 is 12.2 Å². The molecule has 0 N–H and O–H groups in total. The second-order valence-electron chi connectivity index (χ2n) is 5.43. The minimum Gasteiger partial charge on any atom is -0.334 e. The predicted molar refractivity (Wildman–Crippen MR) is 73.2 cm³/mol. The average Bonchev–Trinajstić information content (AvgIpc) is 2.35. The standard InChI is InChI=1S/C15H17F4NO2/c1-8(2)20(9(3)4)14(22)11-5-10(15(17,18)19)6-13(16)12(11)7-21/h5-9H,1-4H3. The van der Waals surface area contributed by atoms with E-state index in [1.807, 2.05) is 0 Å². The van der Waals surface area contributed by atoms with Crippen LogP contribution < -0.4 is 0 Å². The quantitative estimate of drug-likeness (QED) is 0.623. The lowest BCUT2D eigenvalue weighted by molar-refractivity contribution is -0.137. The van der Waals surface area contributed by atoms with Gasteiger partial charge in [0, 0.05) is 12.1 Å². The zero-order valence-electron chi connectivity index (χ0n) is 12.7. The van der Waals surface area contributed by atoms with Crippen molar-refractivity contribution in [3.63, 3.8) is 0 Å². The Morgan fingerprint density at radius 2 is 1.64 bits per heavy atom. The molecule has 0 spiro atoms. The number of hydrogen-bond acceptors (Lipinski definition) is 2. The summed E-state index contributed by atoms with van der Waals surface area (Å²) in [6.45, 7) is 6.73. The molecule has 1 aromatic carbocycles. The number of nitrogens with zero attached hydrogens (tertiary/aromatic N) is 1. The van der Waals surface area contributed by atoms with E-state index in [-0.39, 0.29) is 24.4 Å². The van der Waals surface area contributed by atoms with E-state index < -0.39 is 34.6 Å². The molecule has 0 fully saturated rings. The first-order valence-electron chi connectivity index (χ1n) is 6.69. The lowest BCUT2D eigenvalue weighted by Crippen LogP contribution is -2.42. The van der Waals surface area contributed by atoms with Gasteiger partial charge in [0.05, 0.1) is 16.7 Å². The van der Waals surface area contributed by atoms with Crippen LogP contribution in [0.3, 0.4) is 0 Å². The van der Waals surface area contributed by atoms with Crippen molar-refractivity contribution < 1.29 is 27.2 Å². The number of rotatable bonds is 4. The third-order valence-corrected chi connectivity index (χ3v) is 3.15. The molecule has 1 rings (SSSR count). The molecule has 3 nitrogen and oxygen atoms in total. The molecular formula is C15H17F4NO2. The fourth-order valence-electron chi connectivity index (χ4n) is 2.28. The molecule has 0 unspecified atom stereocenters. The topological polar surface area (TPSA) is 37.4 Å². The first kappa shape index (κ1) is 18.1. The van der Waals surface area contributed by atoms with Crippen LogP contribution in [0.1, 0.15) is 54.0 Å². The molecule has 7 heteroatoms. The third-order valence-electron chi connectivity index (χ3n) is 3.15. The van der Waals surface area contributed by atoms with Crippen LogP contribution in [0.2, 0.25) is 0 Å². The molecule has 0 saturated carbocycles. The summed E-state index contributed by atoms with van der Waals surface area (Å²) < 4.78 is 52.1. The van der Waals surface area contributed by atoms with Crippen LogP contribution in [-0.4, -0.2) is 29.2 Å². The second kappa shape index (κ2) is 6.46. The molecule has 0 aliphatic carbocycles. The Bertz CT molecular complexity index is 572. The molecule has 0 bridgehead atoms. The highest BCUT2D eigenvalue weighted by atomic mass is 19.4. The molecule has 0 aliphatic rings. The second-order valence-corrected chi connectivity index (χ2v) is 5.43. The van der Waals surface area contributed by atoms with Crippen LogP contribution in [0.15, 0.2) is 12.1 Å². The van der Waals surface area contributed by atoms with Crippen molar-refractivity contribution in [2.45, 2.75) is 46.0 Å². The lowest BCUT2D eigenvalue weighted by Gasteiger charge is -2.31. The zero-order chi connectivity index (χ0) is 17.2. The van der Waals surface area contributed by atoms with Gasteiger partial charge in [0.1, 0.15) is 5.82 Å². The van der Waals surface area contributed by atoms with Crippen LogP contribution in [0.25, 0.3) is 0 Å². The predicted octanol–water partition coefficient (Wildman–Crippen LogP) is 3.92. The largest absolute Gasteiger partial charge is 0.416 e. The number of carbonyl (C=O) groups is 2. The summed E-state index contributed by atoms with van der Waals surface area (Å²) in [6, 6.07) is 0.108. The first-order chi connectivity index (χ1) is 10.0. The minimum atomic E-state index is -4.81. The molecule has 0 aromatic heterocycles. The number of benzene rings is 1. The number of amides is 1. The van der Waals surface area contributed by atoms with Crippen molar-refractivity contribution in [2.75, 3.05) is 0 Å². The Morgan fingerprint density at radius 1 is 1.14 bits per heavy atom. The van der Waals surface area contributed by atoms with E-state index in [0.717, 1.165) is 0 Å². The van der Waals surface area contributed by atoms with Crippen molar-refractivity contribution in [2.24, 2.45) is 0 Å². The normalized spacial score (nSPS) is 11.9. The van der Waals surface area contributed by atoms with Gasteiger partial charge in [-0.05, 0) is 39.8 Å². The Morgan fingerprint density at radius 3 is 2.00 bits per heavy atom. The molecule has 1 aromatic rings. The molecule has 22 heavy (non-hydrogen) atoms. The smallest absolute Gasteiger partial charge is 0.334 e. The van der Waals surface area contributed by atoms with E-state index in [9.17, 15) is 27.2 Å². The Hall–Kier alpha value is -1.92. The van der Waals surface area contributed by atoms with E-state index in [0.29, 0.717) is 6.07 Å². The van der Waals surface area contributed by atoms with Crippen LogP contribution in [0.4, 0.5) is 17.6 Å². The molecule has 0 aliphatic heterocycles. The zero-order valence-corrected chi connectivity index (χ0v) is 12.7. The van der Waals surface area contributed by atoms with E-state index >= 15 is 0 Å². The maximum atomic E-state index is 13.8. The van der Waals surface area contributed by atoms with Gasteiger partial charge in [0.25, 0.3) is 5.91 Å². The monoisotopic (exact) mass is 319 g/mol. The molecule has 1 amide bonds. The van der Waals surface area contributed by atoms with Crippen molar-refractivity contribution in [1.82, 2.24) is 4.90 Å². The van der Waals surface area contributed by atoms with Crippen LogP contribution in [-0.2, 0) is 6.18 Å². The Kier molecular flexibility index (Phi) is 5.32. The number of alkyl halides is 3. The number of hydrogen-bond donors (Lipinski definition) is 0. The van der Waals surface area contributed by atoms with E-state index in [4.69, 9.17) is 0 Å². The van der Waals surface area contributed by atoms with Gasteiger partial charge in [-0.3, -0.25) is 9.59 Å². The fraction of sp³-hybridized carbons (Fsp3) is 0.467. The highest BCUT2D eigenvalue weighted by Gasteiger charge is 2.34. The Balaban J connectivity index is 3.53. The van der Waals surface area contributed by atoms with E-state index in [2.05, 4.69) is 0 Å². The van der Waals surface area contributed by atoms with Crippen LogP contribution in [0, 0.1) is 5.82 Å². The van der Waals surface area contributed by atoms with Gasteiger partial charge < -0.3 is 4.90 Å². The summed E-state index contributed by atoms with van der Waals surface area (Å²) in [5.74, 6) is -2.17. The summed E-state index contributed by atoms with van der Waals surface area (Å²) in [5.41, 5.74) is -2.54. The number of carbonyl (C=O) groups excluding carboxylic acids is 2. The van der Waals surface area contributed by atoms with Crippen molar-refractivity contribution in [3.05, 3.63) is 34.6 Å². The van der Waals surface area contributed by atoms with Crippen LogP contribution >= 0.6 is 0 Å².